The van der Waals surface area contributed by atoms with E-state index in [0.717, 1.165) is 15.7 Å². The molecule has 0 bridgehead atoms. The summed E-state index contributed by atoms with van der Waals surface area (Å²) in [5.41, 5.74) is 7.24. The van der Waals surface area contributed by atoms with Gasteiger partial charge in [-0.2, -0.15) is 0 Å². The summed E-state index contributed by atoms with van der Waals surface area (Å²) >= 11 is 4.32. The maximum absolute atomic E-state index is 12.0. The third-order valence-electron chi connectivity index (χ3n) is 2.65. The van der Waals surface area contributed by atoms with Crippen LogP contribution in [0, 0.1) is 0 Å². The van der Waals surface area contributed by atoms with Crippen molar-refractivity contribution in [3.8, 4) is 0 Å². The zero-order valence-corrected chi connectivity index (χ0v) is 13.7. The first-order valence-electron chi connectivity index (χ1n) is 6.22. The summed E-state index contributed by atoms with van der Waals surface area (Å²) < 4.78 is 0.836. The van der Waals surface area contributed by atoms with Gasteiger partial charge in [-0.15, -0.1) is 21.5 Å². The highest BCUT2D eigenvalue weighted by Crippen LogP contribution is 2.26. The molecule has 1 aromatic carbocycles. The van der Waals surface area contributed by atoms with Crippen LogP contribution in [0.2, 0.25) is 0 Å². The van der Waals surface area contributed by atoms with Crippen LogP contribution in [-0.2, 0) is 5.75 Å². The molecule has 0 radical (unpaired) electrons. The van der Waals surface area contributed by atoms with Crippen LogP contribution in [-0.4, -0.2) is 21.1 Å². The average Bonchev–Trinajstić information content (AvgIpc) is 3.17. The highest BCUT2D eigenvalue weighted by molar-refractivity contribution is 8.00. The minimum atomic E-state index is -0.161. The molecule has 22 heavy (non-hydrogen) atoms. The van der Waals surface area contributed by atoms with Gasteiger partial charge in [0.15, 0.2) is 9.47 Å². The first-order valence-corrected chi connectivity index (χ1v) is 8.90. The van der Waals surface area contributed by atoms with Gasteiger partial charge >= 0.3 is 0 Å². The lowest BCUT2D eigenvalue weighted by Crippen LogP contribution is -2.11. The third-order valence-corrected chi connectivity index (χ3v) is 5.30. The Labute approximate surface area is 138 Å². The Bertz CT molecular complexity index is 754. The number of rotatable bonds is 5. The van der Waals surface area contributed by atoms with E-state index in [4.69, 9.17) is 5.73 Å². The van der Waals surface area contributed by atoms with Gasteiger partial charge in [0.25, 0.3) is 5.91 Å². The van der Waals surface area contributed by atoms with E-state index in [2.05, 4.69) is 20.5 Å². The Hall–Kier alpha value is -1.97. The zero-order valence-electron chi connectivity index (χ0n) is 11.2. The Kier molecular flexibility index (Phi) is 4.66. The van der Waals surface area contributed by atoms with E-state index in [1.165, 1.54) is 22.7 Å². The van der Waals surface area contributed by atoms with E-state index in [0.29, 0.717) is 15.8 Å². The van der Waals surface area contributed by atoms with E-state index in [1.54, 1.807) is 30.1 Å². The molecule has 0 aliphatic carbocycles. The quantitative estimate of drug-likeness (QED) is 0.687. The molecular weight excluding hydrogens is 338 g/mol. The molecule has 2 heterocycles. The predicted octanol–water partition coefficient (Wildman–Crippen LogP) is 3.12. The molecule has 0 atom stereocenters. The van der Waals surface area contributed by atoms with Crippen LogP contribution < -0.4 is 11.1 Å². The van der Waals surface area contributed by atoms with Gasteiger partial charge < -0.3 is 5.73 Å². The lowest BCUT2D eigenvalue weighted by molar-refractivity contribution is 0.102. The van der Waals surface area contributed by atoms with Gasteiger partial charge in [-0.1, -0.05) is 35.2 Å². The van der Waals surface area contributed by atoms with E-state index in [1.807, 2.05) is 17.5 Å². The minimum Gasteiger partial charge on any atom is -0.374 e. The lowest BCUT2D eigenvalue weighted by Gasteiger charge is -2.03. The van der Waals surface area contributed by atoms with Gasteiger partial charge in [-0.3, -0.25) is 10.1 Å². The number of anilines is 2. The van der Waals surface area contributed by atoms with Crippen LogP contribution in [0.4, 0.5) is 10.3 Å². The number of amides is 1. The molecule has 0 aliphatic rings. The summed E-state index contributed by atoms with van der Waals surface area (Å²) in [4.78, 5) is 16.1. The molecule has 3 aromatic rings. The number of hydrogen-bond acceptors (Lipinski definition) is 8. The lowest BCUT2D eigenvalue weighted by atomic mass is 10.1. The zero-order chi connectivity index (χ0) is 15.4. The van der Waals surface area contributed by atoms with Crippen molar-refractivity contribution in [1.82, 2.24) is 15.2 Å². The topological polar surface area (TPSA) is 93.8 Å². The normalized spacial score (nSPS) is 10.5. The van der Waals surface area contributed by atoms with E-state index >= 15 is 0 Å². The molecule has 0 saturated carbocycles. The van der Waals surface area contributed by atoms with Crippen molar-refractivity contribution in [3.63, 3.8) is 0 Å². The molecule has 3 rings (SSSR count). The number of aromatic nitrogens is 3. The SMILES string of the molecule is Nc1nnc(SCc2ccc(C(=O)Nc3nccs3)cc2)s1. The van der Waals surface area contributed by atoms with Gasteiger partial charge in [0, 0.05) is 22.9 Å². The van der Waals surface area contributed by atoms with Crippen LogP contribution in [0.25, 0.3) is 0 Å². The first-order chi connectivity index (χ1) is 10.7. The number of nitrogens with zero attached hydrogens (tertiary/aromatic N) is 3. The molecule has 1 amide bonds. The van der Waals surface area contributed by atoms with Crippen molar-refractivity contribution in [2.75, 3.05) is 11.1 Å². The largest absolute Gasteiger partial charge is 0.374 e. The summed E-state index contributed by atoms with van der Waals surface area (Å²) in [5.74, 6) is 0.592. The van der Waals surface area contributed by atoms with Crippen LogP contribution >= 0.6 is 34.4 Å². The molecule has 6 nitrogen and oxygen atoms in total. The van der Waals surface area contributed by atoms with Gasteiger partial charge in [0.05, 0.1) is 0 Å². The van der Waals surface area contributed by atoms with E-state index in [9.17, 15) is 4.79 Å². The van der Waals surface area contributed by atoms with Crippen LogP contribution in [0.3, 0.4) is 0 Å². The molecule has 2 aromatic heterocycles. The first kappa shape index (κ1) is 14.9. The highest BCUT2D eigenvalue weighted by atomic mass is 32.2. The monoisotopic (exact) mass is 349 g/mol. The number of benzene rings is 1. The minimum absolute atomic E-state index is 0.161. The molecule has 0 unspecified atom stereocenters. The highest BCUT2D eigenvalue weighted by Gasteiger charge is 2.08. The summed E-state index contributed by atoms with van der Waals surface area (Å²) in [6.45, 7) is 0. The number of nitrogen functional groups attached to an aromatic ring is 1. The van der Waals surface area contributed by atoms with Crippen molar-refractivity contribution in [3.05, 3.63) is 47.0 Å². The van der Waals surface area contributed by atoms with E-state index in [-0.39, 0.29) is 5.91 Å². The second-order valence-electron chi connectivity index (χ2n) is 4.18. The van der Waals surface area contributed by atoms with E-state index < -0.39 is 0 Å². The molecule has 0 aliphatic heterocycles. The Morgan fingerprint density at radius 2 is 2.09 bits per heavy atom. The van der Waals surface area contributed by atoms with Crippen LogP contribution in [0.15, 0.2) is 40.2 Å². The summed E-state index contributed by atoms with van der Waals surface area (Å²) in [7, 11) is 0. The standard InChI is InChI=1S/C13H11N5OS3/c14-11-17-18-13(22-11)21-7-8-1-3-9(4-2-8)10(19)16-12-15-5-6-20-12/h1-6H,7H2,(H2,14,17)(H,15,16,19). The number of nitrogens with one attached hydrogen (secondary N) is 1. The Balaban J connectivity index is 1.58. The molecule has 0 spiro atoms. The van der Waals surface area contributed by atoms with Crippen molar-refractivity contribution < 1.29 is 4.79 Å². The van der Waals surface area contributed by atoms with Gasteiger partial charge in [0.1, 0.15) is 0 Å². The fourth-order valence-electron chi connectivity index (χ4n) is 1.63. The smallest absolute Gasteiger partial charge is 0.257 e. The number of carbonyl (C=O) groups is 1. The fourth-order valence-corrected chi connectivity index (χ4v) is 3.75. The van der Waals surface area contributed by atoms with Crippen molar-refractivity contribution in [2.24, 2.45) is 0 Å². The van der Waals surface area contributed by atoms with Crippen molar-refractivity contribution >= 4 is 50.6 Å². The number of nitrogens with two attached hydrogens (primary N) is 1. The van der Waals surface area contributed by atoms with Crippen molar-refractivity contribution in [2.45, 2.75) is 10.1 Å². The predicted molar refractivity (Wildman–Crippen MR) is 90.4 cm³/mol. The second-order valence-corrected chi connectivity index (χ2v) is 7.31. The molecule has 9 heteroatoms. The fraction of sp³-hybridized carbons (Fsp3) is 0.0769. The molecule has 0 saturated heterocycles. The van der Waals surface area contributed by atoms with Crippen molar-refractivity contribution in [1.29, 1.82) is 0 Å². The third kappa shape index (κ3) is 3.81. The number of thiazole rings is 1. The molecule has 0 fully saturated rings. The second kappa shape index (κ2) is 6.86. The summed E-state index contributed by atoms with van der Waals surface area (Å²) in [6.07, 6.45) is 1.65. The van der Waals surface area contributed by atoms with Crippen LogP contribution in [0.5, 0.6) is 0 Å². The molecule has 112 valence electrons. The van der Waals surface area contributed by atoms with Gasteiger partial charge in [-0.05, 0) is 17.7 Å². The molecule has 3 N–H and O–H groups in total. The number of carbonyl (C=O) groups excluding carboxylic acids is 1. The Morgan fingerprint density at radius 1 is 1.27 bits per heavy atom. The van der Waals surface area contributed by atoms with Gasteiger partial charge in [-0.25, -0.2) is 4.98 Å². The maximum atomic E-state index is 12.0. The number of thioether (sulfide) groups is 1. The van der Waals surface area contributed by atoms with Gasteiger partial charge in [0.2, 0.25) is 5.13 Å². The average molecular weight is 349 g/mol. The number of hydrogen-bond donors (Lipinski definition) is 2. The molecular formula is C13H11N5OS3. The van der Waals surface area contributed by atoms with Crippen LogP contribution in [0.1, 0.15) is 15.9 Å². The maximum Gasteiger partial charge on any atom is 0.257 e. The summed E-state index contributed by atoms with van der Waals surface area (Å²) in [5, 5.41) is 13.4. The Morgan fingerprint density at radius 3 is 2.73 bits per heavy atom. The summed E-state index contributed by atoms with van der Waals surface area (Å²) in [6, 6.07) is 7.45.